The minimum absolute atomic E-state index is 0.0253. The Morgan fingerprint density at radius 3 is 2.80 bits per heavy atom. The molecule has 2 heterocycles. The molecule has 184 valence electrons. The minimum atomic E-state index is -4.38. The first-order valence-electron chi connectivity index (χ1n) is 11.3. The first-order chi connectivity index (χ1) is 16.7. The average molecular weight is 486 g/mol. The lowest BCUT2D eigenvalue weighted by molar-refractivity contribution is -0.153. The number of benzene rings is 2. The van der Waals surface area contributed by atoms with Crippen LogP contribution < -0.4 is 15.4 Å². The van der Waals surface area contributed by atoms with Crippen LogP contribution in [0.2, 0.25) is 0 Å². The van der Waals surface area contributed by atoms with Crippen molar-refractivity contribution in [3.63, 3.8) is 0 Å². The van der Waals surface area contributed by atoms with Gasteiger partial charge >= 0.3 is 12.1 Å². The van der Waals surface area contributed by atoms with Crippen molar-refractivity contribution in [2.45, 2.75) is 32.0 Å². The molecule has 3 aromatic rings. The van der Waals surface area contributed by atoms with E-state index in [1.54, 1.807) is 18.2 Å². The summed E-state index contributed by atoms with van der Waals surface area (Å²) in [4.78, 5) is 15.5. The van der Waals surface area contributed by atoms with Gasteiger partial charge in [-0.1, -0.05) is 24.3 Å². The van der Waals surface area contributed by atoms with Crippen molar-refractivity contribution >= 4 is 11.7 Å². The zero-order valence-corrected chi connectivity index (χ0v) is 19.2. The fourth-order valence-corrected chi connectivity index (χ4v) is 4.33. The number of halogens is 3. The standard InChI is InChI=1S/C26H26F3N3O3/c1-16-11-19(35-15-26(27,28)29)5-7-20(16)18-4-6-21-17(12-18)3-2-9-31-24(21)14-32-23-13-30-10-8-22(23)25(33)34/h4-8,10-13,24,31-32H,2-3,9,14-15H2,1H3,(H,33,34)/t24-/m1/s1. The normalized spacial score (nSPS) is 15.7. The zero-order chi connectivity index (χ0) is 25.0. The Labute approximate surface area is 201 Å². The second-order valence-corrected chi connectivity index (χ2v) is 8.51. The second-order valence-electron chi connectivity index (χ2n) is 8.51. The van der Waals surface area contributed by atoms with E-state index in [0.29, 0.717) is 12.2 Å². The SMILES string of the molecule is Cc1cc(OCC(F)(F)F)ccc1-c1ccc2c(c1)CCCN[C@@H]2CNc1cnccc1C(=O)O. The highest BCUT2D eigenvalue weighted by molar-refractivity contribution is 5.93. The molecule has 4 rings (SSSR count). The predicted octanol–water partition coefficient (Wildman–Crippen LogP) is 5.39. The monoisotopic (exact) mass is 485 g/mol. The molecule has 35 heavy (non-hydrogen) atoms. The average Bonchev–Trinajstić information content (AvgIpc) is 3.02. The van der Waals surface area contributed by atoms with Crippen LogP contribution in [0.15, 0.2) is 54.9 Å². The molecule has 0 radical (unpaired) electrons. The maximum Gasteiger partial charge on any atom is 0.422 e. The molecule has 0 unspecified atom stereocenters. The summed E-state index contributed by atoms with van der Waals surface area (Å²) >= 11 is 0. The van der Waals surface area contributed by atoms with Gasteiger partial charge in [0.25, 0.3) is 0 Å². The van der Waals surface area contributed by atoms with Gasteiger partial charge in [-0.15, -0.1) is 0 Å². The van der Waals surface area contributed by atoms with Gasteiger partial charge in [0.1, 0.15) is 5.75 Å². The molecule has 0 amide bonds. The number of nitrogens with zero attached hydrogens (tertiary/aromatic N) is 1. The van der Waals surface area contributed by atoms with Crippen molar-refractivity contribution in [1.29, 1.82) is 0 Å². The number of fused-ring (bicyclic) bond motifs is 1. The Kier molecular flexibility index (Phi) is 7.25. The molecule has 1 aliphatic rings. The Balaban J connectivity index is 1.54. The molecular weight excluding hydrogens is 459 g/mol. The summed E-state index contributed by atoms with van der Waals surface area (Å²) in [6.45, 7) is 1.84. The van der Waals surface area contributed by atoms with Crippen LogP contribution in [0.25, 0.3) is 11.1 Å². The van der Waals surface area contributed by atoms with Gasteiger partial charge in [0.05, 0.1) is 17.4 Å². The van der Waals surface area contributed by atoms with E-state index in [-0.39, 0.29) is 17.4 Å². The third-order valence-corrected chi connectivity index (χ3v) is 5.99. The lowest BCUT2D eigenvalue weighted by Gasteiger charge is -2.21. The number of pyridine rings is 1. The van der Waals surface area contributed by atoms with Crippen molar-refractivity contribution in [3.05, 3.63) is 77.1 Å². The van der Waals surface area contributed by atoms with E-state index < -0.39 is 18.8 Å². The number of anilines is 1. The number of hydrogen-bond donors (Lipinski definition) is 3. The van der Waals surface area contributed by atoms with E-state index in [1.807, 2.05) is 13.0 Å². The lowest BCUT2D eigenvalue weighted by atomic mass is 9.92. The summed E-state index contributed by atoms with van der Waals surface area (Å²) in [6.07, 6.45) is 0.409. The van der Waals surface area contributed by atoms with Gasteiger partial charge in [-0.2, -0.15) is 13.2 Å². The maximum atomic E-state index is 12.5. The third kappa shape index (κ3) is 6.10. The first-order valence-corrected chi connectivity index (χ1v) is 11.3. The maximum absolute atomic E-state index is 12.5. The van der Waals surface area contributed by atoms with Gasteiger partial charge < -0.3 is 20.5 Å². The summed E-state index contributed by atoms with van der Waals surface area (Å²) in [5.74, 6) is -0.830. The van der Waals surface area contributed by atoms with Crippen LogP contribution in [0.4, 0.5) is 18.9 Å². The molecule has 0 bridgehead atoms. The molecule has 1 atom stereocenters. The third-order valence-electron chi connectivity index (χ3n) is 5.99. The van der Waals surface area contributed by atoms with Crippen molar-refractivity contribution in [3.8, 4) is 16.9 Å². The highest BCUT2D eigenvalue weighted by atomic mass is 19.4. The number of aromatic nitrogens is 1. The summed E-state index contributed by atoms with van der Waals surface area (Å²) < 4.78 is 42.2. The van der Waals surface area contributed by atoms with Crippen molar-refractivity contribution in [2.75, 3.05) is 25.0 Å². The largest absolute Gasteiger partial charge is 0.484 e. The molecule has 9 heteroatoms. The number of rotatable bonds is 7. The number of carboxylic acid groups (broad SMARTS) is 1. The van der Waals surface area contributed by atoms with Gasteiger partial charge in [-0.05, 0) is 72.3 Å². The first kappa shape index (κ1) is 24.5. The van der Waals surface area contributed by atoms with Gasteiger partial charge in [0.15, 0.2) is 6.61 Å². The van der Waals surface area contributed by atoms with Crippen molar-refractivity contribution in [1.82, 2.24) is 10.3 Å². The zero-order valence-electron chi connectivity index (χ0n) is 19.2. The topological polar surface area (TPSA) is 83.5 Å². The molecule has 3 N–H and O–H groups in total. The molecule has 2 aromatic carbocycles. The Hall–Kier alpha value is -3.59. The Morgan fingerprint density at radius 1 is 1.23 bits per heavy atom. The predicted molar refractivity (Wildman–Crippen MR) is 127 cm³/mol. The fourth-order valence-electron chi connectivity index (χ4n) is 4.33. The molecular formula is C26H26F3N3O3. The van der Waals surface area contributed by atoms with E-state index in [9.17, 15) is 23.1 Å². The van der Waals surface area contributed by atoms with Crippen LogP contribution in [-0.4, -0.2) is 41.9 Å². The van der Waals surface area contributed by atoms with E-state index in [2.05, 4.69) is 27.8 Å². The summed E-state index contributed by atoms with van der Waals surface area (Å²) in [5, 5.41) is 16.1. The number of alkyl halides is 3. The number of aryl methyl sites for hydroxylation is 2. The minimum Gasteiger partial charge on any atom is -0.484 e. The molecule has 0 fully saturated rings. The number of nitrogens with one attached hydrogen (secondary N) is 2. The van der Waals surface area contributed by atoms with Crippen LogP contribution in [0.1, 0.15) is 39.5 Å². The van der Waals surface area contributed by atoms with Crippen LogP contribution >= 0.6 is 0 Å². The molecule has 1 aromatic heterocycles. The highest BCUT2D eigenvalue weighted by Gasteiger charge is 2.28. The number of carbonyl (C=O) groups is 1. The molecule has 0 spiro atoms. The molecule has 0 saturated heterocycles. The van der Waals surface area contributed by atoms with Gasteiger partial charge in [-0.25, -0.2) is 4.79 Å². The van der Waals surface area contributed by atoms with Gasteiger partial charge in [-0.3, -0.25) is 4.98 Å². The summed E-state index contributed by atoms with van der Waals surface area (Å²) in [7, 11) is 0. The number of aromatic carboxylic acids is 1. The van der Waals surface area contributed by atoms with Gasteiger partial charge in [0, 0.05) is 18.8 Å². The van der Waals surface area contributed by atoms with E-state index >= 15 is 0 Å². The number of hydrogen-bond acceptors (Lipinski definition) is 5. The smallest absolute Gasteiger partial charge is 0.422 e. The summed E-state index contributed by atoms with van der Waals surface area (Å²) in [6, 6.07) is 12.6. The van der Waals surface area contributed by atoms with Crippen LogP contribution in [-0.2, 0) is 6.42 Å². The number of carboxylic acids is 1. The fraction of sp³-hybridized carbons (Fsp3) is 0.308. The quantitative estimate of drug-likeness (QED) is 0.417. The molecule has 1 aliphatic heterocycles. The van der Waals surface area contributed by atoms with Gasteiger partial charge in [0.2, 0.25) is 0 Å². The van der Waals surface area contributed by atoms with Crippen molar-refractivity contribution < 1.29 is 27.8 Å². The van der Waals surface area contributed by atoms with E-state index in [4.69, 9.17) is 4.74 Å². The Bertz CT molecular complexity index is 1210. The Morgan fingerprint density at radius 2 is 2.06 bits per heavy atom. The molecule has 0 aliphatic carbocycles. The van der Waals surface area contributed by atoms with E-state index in [0.717, 1.165) is 41.6 Å². The number of ether oxygens (including phenoxy) is 1. The molecule has 6 nitrogen and oxygen atoms in total. The van der Waals surface area contributed by atoms with Crippen molar-refractivity contribution in [2.24, 2.45) is 0 Å². The van der Waals surface area contributed by atoms with Crippen LogP contribution in [0.5, 0.6) is 5.75 Å². The van der Waals surface area contributed by atoms with E-state index in [1.165, 1.54) is 24.0 Å². The van der Waals surface area contributed by atoms with Crippen LogP contribution in [0, 0.1) is 6.92 Å². The lowest BCUT2D eigenvalue weighted by Crippen LogP contribution is -2.28. The molecule has 0 saturated carbocycles. The second kappa shape index (κ2) is 10.4. The summed E-state index contributed by atoms with van der Waals surface area (Å²) in [5.41, 5.74) is 5.68. The highest BCUT2D eigenvalue weighted by Crippen LogP contribution is 2.32. The van der Waals surface area contributed by atoms with Crippen LogP contribution in [0.3, 0.4) is 0 Å².